The number of likely N-dealkylation sites (tertiary alicyclic amines) is 1. The number of nitrogens with zero attached hydrogens (tertiary/aromatic N) is 2. The number of carbonyl (C=O) groups excluding carboxylic acids is 3. The Hall–Kier alpha value is -4.41. The Morgan fingerprint density at radius 2 is 1.84 bits per heavy atom. The summed E-state index contributed by atoms with van der Waals surface area (Å²) in [5.74, 6) is 0.530. The molecule has 2 N–H and O–H groups in total. The average Bonchev–Trinajstić information content (AvgIpc) is 3.76. The van der Waals surface area contributed by atoms with Crippen molar-refractivity contribution >= 4 is 18.2 Å². The average molecular weight is 603 g/mol. The van der Waals surface area contributed by atoms with Crippen molar-refractivity contribution < 1.29 is 28.4 Å². The van der Waals surface area contributed by atoms with E-state index in [-0.39, 0.29) is 25.6 Å². The number of benzene rings is 2. The third kappa shape index (κ3) is 10.4. The first-order chi connectivity index (χ1) is 21.6. The molecule has 2 aromatic carbocycles. The third-order valence-electron chi connectivity index (χ3n) is 7.24. The molecule has 0 aliphatic carbocycles. The summed E-state index contributed by atoms with van der Waals surface area (Å²) in [6, 6.07) is 20.4. The lowest BCUT2D eigenvalue weighted by Gasteiger charge is -2.19. The fraction of sp³-hybridized carbons (Fsp3) is 0.382. The minimum Gasteiger partial charge on any atom is -0.492 e. The van der Waals surface area contributed by atoms with Gasteiger partial charge in [-0.25, -0.2) is 5.06 Å². The maximum absolute atomic E-state index is 13.0. The lowest BCUT2D eigenvalue weighted by Crippen LogP contribution is -2.39. The van der Waals surface area contributed by atoms with Gasteiger partial charge in [0.15, 0.2) is 5.76 Å². The van der Waals surface area contributed by atoms with E-state index in [0.717, 1.165) is 54.4 Å². The predicted molar refractivity (Wildman–Crippen MR) is 167 cm³/mol. The highest BCUT2D eigenvalue weighted by Crippen LogP contribution is 2.26. The second kappa shape index (κ2) is 17.6. The SMILES string of the molecule is CCCC/C=C(/CN(C=O)OCc1ccccc1)C(=O)NCNC(=O)c1ccc(-c2cccc(OCCN3CCCC3)c2)o1. The summed E-state index contributed by atoms with van der Waals surface area (Å²) in [6.07, 6.45) is 7.38. The quantitative estimate of drug-likeness (QED) is 0.0698. The molecule has 0 radical (unpaired) electrons. The Morgan fingerprint density at radius 1 is 1.02 bits per heavy atom. The van der Waals surface area contributed by atoms with E-state index < -0.39 is 11.8 Å². The van der Waals surface area contributed by atoms with Crippen molar-refractivity contribution in [2.24, 2.45) is 0 Å². The standard InChI is InChI=1S/C34H42N4O6/c1-2-3-5-13-29(23-38(26-39)43-24-27-11-6-4-7-12-27)33(40)35-25-36-34(41)32-17-16-31(44-32)28-14-10-15-30(22-28)42-21-20-37-18-8-9-19-37/h4,6-7,10-17,22,26H,2-3,5,8-9,18-21,23-25H2,1H3,(H,35,40)(H,36,41)/b29-13-. The van der Waals surface area contributed by atoms with Crippen LogP contribution in [0.2, 0.25) is 0 Å². The van der Waals surface area contributed by atoms with E-state index in [2.05, 4.69) is 22.5 Å². The lowest BCUT2D eigenvalue weighted by atomic mass is 10.1. The van der Waals surface area contributed by atoms with Gasteiger partial charge in [-0.1, -0.05) is 68.3 Å². The molecule has 1 fully saturated rings. The molecular weight excluding hydrogens is 560 g/mol. The van der Waals surface area contributed by atoms with Crippen molar-refractivity contribution in [2.45, 2.75) is 45.6 Å². The van der Waals surface area contributed by atoms with Crippen molar-refractivity contribution in [1.29, 1.82) is 0 Å². The molecule has 4 rings (SSSR count). The van der Waals surface area contributed by atoms with E-state index in [9.17, 15) is 14.4 Å². The first-order valence-electron chi connectivity index (χ1n) is 15.3. The smallest absolute Gasteiger partial charge is 0.288 e. The number of allylic oxidation sites excluding steroid dienone is 1. The van der Waals surface area contributed by atoms with Crippen LogP contribution in [0.5, 0.6) is 5.75 Å². The van der Waals surface area contributed by atoms with Crippen LogP contribution in [0.15, 0.2) is 82.8 Å². The summed E-state index contributed by atoms with van der Waals surface area (Å²) in [4.78, 5) is 45.4. The first-order valence-corrected chi connectivity index (χ1v) is 15.3. The van der Waals surface area contributed by atoms with E-state index in [1.54, 1.807) is 18.2 Å². The van der Waals surface area contributed by atoms with Gasteiger partial charge in [0.05, 0.1) is 13.2 Å². The van der Waals surface area contributed by atoms with Crippen molar-refractivity contribution in [2.75, 3.05) is 39.5 Å². The zero-order valence-electron chi connectivity index (χ0n) is 25.3. The first kappa shape index (κ1) is 32.5. The van der Waals surface area contributed by atoms with Crippen LogP contribution in [-0.2, 0) is 21.0 Å². The number of amides is 3. The van der Waals surface area contributed by atoms with Crippen molar-refractivity contribution in [3.05, 3.63) is 89.7 Å². The molecule has 3 amide bonds. The second-order valence-corrected chi connectivity index (χ2v) is 10.6. The predicted octanol–water partition coefficient (Wildman–Crippen LogP) is 4.93. The second-order valence-electron chi connectivity index (χ2n) is 10.6. The van der Waals surface area contributed by atoms with Gasteiger partial charge >= 0.3 is 0 Å². The number of nitrogens with one attached hydrogen (secondary N) is 2. The van der Waals surface area contributed by atoms with Crippen molar-refractivity contribution in [1.82, 2.24) is 20.6 Å². The van der Waals surface area contributed by atoms with Gasteiger partial charge in [0, 0.05) is 17.7 Å². The van der Waals surface area contributed by atoms with Gasteiger partial charge in [0.2, 0.25) is 12.3 Å². The lowest BCUT2D eigenvalue weighted by molar-refractivity contribution is -0.174. The van der Waals surface area contributed by atoms with Crippen molar-refractivity contribution in [3.8, 4) is 17.1 Å². The molecule has 0 unspecified atom stereocenters. The zero-order valence-corrected chi connectivity index (χ0v) is 25.3. The molecule has 3 aromatic rings. The van der Waals surface area contributed by atoms with Gasteiger partial charge in [-0.05, 0) is 62.2 Å². The van der Waals surface area contributed by atoms with E-state index in [0.29, 0.717) is 30.8 Å². The molecule has 1 aliphatic rings. The Kier molecular flexibility index (Phi) is 13.0. The largest absolute Gasteiger partial charge is 0.492 e. The molecule has 0 bridgehead atoms. The summed E-state index contributed by atoms with van der Waals surface area (Å²) in [5, 5.41) is 6.46. The normalized spacial score (nSPS) is 13.4. The number of hydroxylamine groups is 2. The summed E-state index contributed by atoms with van der Waals surface area (Å²) < 4.78 is 11.7. The van der Waals surface area contributed by atoms with E-state index in [1.165, 1.54) is 12.8 Å². The van der Waals surface area contributed by atoms with E-state index >= 15 is 0 Å². The molecule has 2 heterocycles. The maximum Gasteiger partial charge on any atom is 0.288 e. The van der Waals surface area contributed by atoms with Crippen LogP contribution < -0.4 is 15.4 Å². The Bertz CT molecular complexity index is 1370. The van der Waals surface area contributed by atoms with Crippen LogP contribution in [0.3, 0.4) is 0 Å². The maximum atomic E-state index is 13.0. The van der Waals surface area contributed by atoms with Gasteiger partial charge < -0.3 is 19.8 Å². The number of rotatable bonds is 18. The highest BCUT2D eigenvalue weighted by molar-refractivity contribution is 5.95. The van der Waals surface area contributed by atoms with Crippen LogP contribution >= 0.6 is 0 Å². The number of hydrogen-bond acceptors (Lipinski definition) is 7. The number of carbonyl (C=O) groups is 3. The number of hydrogen-bond donors (Lipinski definition) is 2. The minimum absolute atomic E-state index is 0.0254. The zero-order chi connectivity index (χ0) is 31.0. The van der Waals surface area contributed by atoms with Crippen LogP contribution in [0, 0.1) is 0 Å². The molecule has 234 valence electrons. The highest BCUT2D eigenvalue weighted by atomic mass is 16.7. The van der Waals surface area contributed by atoms with Crippen LogP contribution in [-0.4, -0.2) is 67.6 Å². The molecule has 1 aliphatic heterocycles. The van der Waals surface area contributed by atoms with Crippen LogP contribution in [0.25, 0.3) is 11.3 Å². The summed E-state index contributed by atoms with van der Waals surface area (Å²) >= 11 is 0. The molecular formula is C34H42N4O6. The fourth-order valence-corrected chi connectivity index (χ4v) is 4.78. The molecule has 44 heavy (non-hydrogen) atoms. The monoisotopic (exact) mass is 602 g/mol. The molecule has 0 spiro atoms. The van der Waals surface area contributed by atoms with Gasteiger partial charge in [0.25, 0.3) is 5.91 Å². The summed E-state index contributed by atoms with van der Waals surface area (Å²) in [5.41, 5.74) is 2.07. The van der Waals surface area contributed by atoms with Gasteiger partial charge in [-0.3, -0.25) is 24.1 Å². The van der Waals surface area contributed by atoms with Crippen molar-refractivity contribution in [3.63, 3.8) is 0 Å². The van der Waals surface area contributed by atoms with Gasteiger partial charge in [0.1, 0.15) is 24.7 Å². The molecule has 10 nitrogen and oxygen atoms in total. The molecule has 0 atom stereocenters. The highest BCUT2D eigenvalue weighted by Gasteiger charge is 2.17. The number of furan rings is 1. The van der Waals surface area contributed by atoms with Crippen LogP contribution in [0.1, 0.15) is 55.1 Å². The summed E-state index contributed by atoms with van der Waals surface area (Å²) in [7, 11) is 0. The third-order valence-corrected chi connectivity index (χ3v) is 7.24. The van der Waals surface area contributed by atoms with E-state index in [4.69, 9.17) is 14.0 Å². The number of ether oxygens (including phenoxy) is 1. The minimum atomic E-state index is -0.466. The Morgan fingerprint density at radius 3 is 2.61 bits per heavy atom. The van der Waals surface area contributed by atoms with Gasteiger partial charge in [-0.15, -0.1) is 0 Å². The summed E-state index contributed by atoms with van der Waals surface area (Å²) in [6.45, 7) is 5.89. The van der Waals surface area contributed by atoms with Gasteiger partial charge in [-0.2, -0.15) is 0 Å². The fourth-order valence-electron chi connectivity index (χ4n) is 4.78. The molecule has 1 saturated heterocycles. The molecule has 10 heteroatoms. The molecule has 0 saturated carbocycles. The van der Waals surface area contributed by atoms with E-state index in [1.807, 2.05) is 54.6 Å². The Balaban J connectivity index is 1.26. The topological polar surface area (TPSA) is 113 Å². The number of unbranched alkanes of at least 4 members (excludes halogenated alkanes) is 2. The molecule has 1 aromatic heterocycles. The van der Waals surface area contributed by atoms with Crippen LogP contribution in [0.4, 0.5) is 0 Å². The Labute approximate surface area is 258 Å².